The number of amides is 1. The van der Waals surface area contributed by atoms with E-state index in [1.165, 1.54) is 5.69 Å². The molecule has 26 heavy (non-hydrogen) atoms. The van der Waals surface area contributed by atoms with Gasteiger partial charge in [-0.15, -0.1) is 6.58 Å². The Labute approximate surface area is 157 Å². The summed E-state index contributed by atoms with van der Waals surface area (Å²) in [7, 11) is 2.10. The molecule has 1 unspecified atom stereocenters. The number of piperazine rings is 1. The van der Waals surface area contributed by atoms with Crippen LogP contribution in [0, 0.1) is 5.92 Å². The lowest BCUT2D eigenvalue weighted by Gasteiger charge is -2.32. The van der Waals surface area contributed by atoms with Crippen molar-refractivity contribution in [2.24, 2.45) is 5.92 Å². The molecule has 0 aromatic carbocycles. The fourth-order valence-electron chi connectivity index (χ4n) is 3.87. The number of aromatic nitrogens is 2. The molecule has 1 aromatic heterocycles. The molecule has 0 bridgehead atoms. The summed E-state index contributed by atoms with van der Waals surface area (Å²) in [6.07, 6.45) is 4.83. The molecule has 2 aliphatic rings. The van der Waals surface area contributed by atoms with Gasteiger partial charge in [-0.3, -0.25) is 9.48 Å². The fraction of sp³-hybridized carbons (Fsp3) is 0.700. The lowest BCUT2D eigenvalue weighted by atomic mass is 9.90. The van der Waals surface area contributed by atoms with Crippen LogP contribution in [-0.4, -0.2) is 71.3 Å². The Balaban J connectivity index is 1.81. The normalized spacial score (nSPS) is 21.1. The monoisotopic (exact) mass is 359 g/mol. The van der Waals surface area contributed by atoms with E-state index in [0.29, 0.717) is 24.2 Å². The van der Waals surface area contributed by atoms with Gasteiger partial charge in [0, 0.05) is 43.5 Å². The molecule has 6 heteroatoms. The van der Waals surface area contributed by atoms with Crippen molar-refractivity contribution in [3.63, 3.8) is 0 Å². The molecule has 0 spiro atoms. The largest absolute Gasteiger partial charge is 0.335 e. The summed E-state index contributed by atoms with van der Waals surface area (Å²) >= 11 is 0. The number of carbonyl (C=O) groups is 1. The Bertz CT molecular complexity index is 643. The van der Waals surface area contributed by atoms with E-state index in [9.17, 15) is 4.79 Å². The molecular formula is C20H33N5O. The average molecular weight is 360 g/mol. The molecule has 0 saturated carbocycles. The number of nitrogens with zero attached hydrogens (tertiary/aromatic N) is 4. The Morgan fingerprint density at radius 2 is 2.08 bits per heavy atom. The van der Waals surface area contributed by atoms with Crippen molar-refractivity contribution < 1.29 is 4.79 Å². The van der Waals surface area contributed by atoms with Crippen LogP contribution < -0.4 is 5.32 Å². The van der Waals surface area contributed by atoms with Crippen LogP contribution in [0.2, 0.25) is 0 Å². The highest BCUT2D eigenvalue weighted by Crippen LogP contribution is 2.26. The third-order valence-corrected chi connectivity index (χ3v) is 5.46. The van der Waals surface area contributed by atoms with Gasteiger partial charge in [-0.1, -0.05) is 19.9 Å². The van der Waals surface area contributed by atoms with E-state index < -0.39 is 0 Å². The smallest absolute Gasteiger partial charge is 0.274 e. The van der Waals surface area contributed by atoms with Crippen LogP contribution in [0.3, 0.4) is 0 Å². The number of likely N-dealkylation sites (N-methyl/N-ethyl adjacent to an activating group) is 1. The van der Waals surface area contributed by atoms with Gasteiger partial charge in [0.15, 0.2) is 5.69 Å². The van der Waals surface area contributed by atoms with Gasteiger partial charge < -0.3 is 15.1 Å². The number of hydrogen-bond acceptors (Lipinski definition) is 4. The molecule has 1 atom stereocenters. The van der Waals surface area contributed by atoms with E-state index in [-0.39, 0.29) is 5.91 Å². The highest BCUT2D eigenvalue weighted by atomic mass is 16.2. The number of rotatable bonds is 6. The summed E-state index contributed by atoms with van der Waals surface area (Å²) in [5.41, 5.74) is 3.05. The molecule has 3 rings (SSSR count). The van der Waals surface area contributed by atoms with E-state index in [1.54, 1.807) is 0 Å². The molecule has 1 aliphatic carbocycles. The van der Waals surface area contributed by atoms with Crippen LogP contribution >= 0.6 is 0 Å². The minimum absolute atomic E-state index is 0.0988. The number of fused-ring (bicyclic) bond motifs is 1. The summed E-state index contributed by atoms with van der Waals surface area (Å²) < 4.78 is 1.99. The summed E-state index contributed by atoms with van der Waals surface area (Å²) in [5.74, 6) is 0.730. The minimum Gasteiger partial charge on any atom is -0.335 e. The second kappa shape index (κ2) is 8.35. The highest BCUT2D eigenvalue weighted by molar-refractivity contribution is 5.94. The summed E-state index contributed by atoms with van der Waals surface area (Å²) in [6, 6.07) is 0.435. The zero-order valence-electron chi connectivity index (χ0n) is 16.5. The molecule has 1 N–H and O–H groups in total. The second-order valence-corrected chi connectivity index (χ2v) is 8.08. The van der Waals surface area contributed by atoms with E-state index in [0.717, 1.165) is 57.5 Å². The van der Waals surface area contributed by atoms with Crippen molar-refractivity contribution >= 4 is 5.91 Å². The van der Waals surface area contributed by atoms with Gasteiger partial charge in [-0.05, 0) is 38.8 Å². The zero-order valence-corrected chi connectivity index (χ0v) is 16.5. The van der Waals surface area contributed by atoms with Crippen LogP contribution in [0.25, 0.3) is 0 Å². The predicted molar refractivity (Wildman–Crippen MR) is 104 cm³/mol. The lowest BCUT2D eigenvalue weighted by Crippen LogP contribution is -2.47. The molecule has 144 valence electrons. The molecule has 1 amide bonds. The van der Waals surface area contributed by atoms with Crippen molar-refractivity contribution in [1.29, 1.82) is 0 Å². The molecule has 1 fully saturated rings. The van der Waals surface area contributed by atoms with Crippen molar-refractivity contribution in [2.75, 3.05) is 39.8 Å². The molecule has 1 saturated heterocycles. The van der Waals surface area contributed by atoms with Gasteiger partial charge in [0.2, 0.25) is 0 Å². The third-order valence-electron chi connectivity index (χ3n) is 5.46. The standard InChI is InChI=1S/C20H33N5O/c1-5-8-25-18-7-6-16(21-14-15(2)3)13-17(18)19(22-25)20(26)24-11-9-23(4)10-12-24/h5,15-16,21H,1,6-14H2,2-4H3. The molecule has 1 aromatic rings. The van der Waals surface area contributed by atoms with Gasteiger partial charge >= 0.3 is 0 Å². The van der Waals surface area contributed by atoms with Crippen LogP contribution in [-0.2, 0) is 19.4 Å². The molecule has 6 nitrogen and oxygen atoms in total. The van der Waals surface area contributed by atoms with E-state index >= 15 is 0 Å². The average Bonchev–Trinajstić information content (AvgIpc) is 2.98. The van der Waals surface area contributed by atoms with Crippen LogP contribution in [0.15, 0.2) is 12.7 Å². The number of hydrogen-bond donors (Lipinski definition) is 1. The predicted octanol–water partition coefficient (Wildman–Crippen LogP) is 1.56. The number of nitrogens with one attached hydrogen (secondary N) is 1. The Morgan fingerprint density at radius 3 is 2.73 bits per heavy atom. The number of allylic oxidation sites excluding steroid dienone is 1. The second-order valence-electron chi connectivity index (χ2n) is 8.08. The minimum atomic E-state index is 0.0988. The van der Waals surface area contributed by atoms with Crippen LogP contribution in [0.4, 0.5) is 0 Å². The zero-order chi connectivity index (χ0) is 18.7. The first-order valence-electron chi connectivity index (χ1n) is 9.90. The molecule has 0 radical (unpaired) electrons. The van der Waals surface area contributed by atoms with Gasteiger partial charge in [-0.2, -0.15) is 5.10 Å². The Hall–Kier alpha value is -1.66. The van der Waals surface area contributed by atoms with Crippen LogP contribution in [0.1, 0.15) is 42.0 Å². The number of carbonyl (C=O) groups excluding carboxylic acids is 1. The Morgan fingerprint density at radius 1 is 1.35 bits per heavy atom. The van der Waals surface area contributed by atoms with Gasteiger partial charge in [-0.25, -0.2) is 0 Å². The van der Waals surface area contributed by atoms with Gasteiger partial charge in [0.05, 0.1) is 6.54 Å². The maximum Gasteiger partial charge on any atom is 0.274 e. The maximum atomic E-state index is 13.2. The summed E-state index contributed by atoms with van der Waals surface area (Å²) in [4.78, 5) is 17.4. The first-order valence-corrected chi connectivity index (χ1v) is 9.90. The Kier molecular flexibility index (Phi) is 6.14. The van der Waals surface area contributed by atoms with Crippen molar-refractivity contribution in [3.8, 4) is 0 Å². The summed E-state index contributed by atoms with van der Waals surface area (Å²) in [6.45, 7) is 13.4. The highest BCUT2D eigenvalue weighted by Gasteiger charge is 2.31. The SMILES string of the molecule is C=CCn1nc(C(=O)N2CCN(C)CC2)c2c1CCC(NCC(C)C)C2. The fourth-order valence-corrected chi connectivity index (χ4v) is 3.87. The van der Waals surface area contributed by atoms with E-state index in [2.05, 4.69) is 37.7 Å². The quantitative estimate of drug-likeness (QED) is 0.783. The third kappa shape index (κ3) is 4.18. The first-order chi connectivity index (χ1) is 12.5. The summed E-state index contributed by atoms with van der Waals surface area (Å²) in [5, 5.41) is 8.38. The first kappa shape index (κ1) is 19.1. The topological polar surface area (TPSA) is 53.4 Å². The molecule has 2 heterocycles. The van der Waals surface area contributed by atoms with Gasteiger partial charge in [0.1, 0.15) is 0 Å². The van der Waals surface area contributed by atoms with Crippen molar-refractivity contribution in [1.82, 2.24) is 24.9 Å². The van der Waals surface area contributed by atoms with Crippen LogP contribution in [0.5, 0.6) is 0 Å². The van der Waals surface area contributed by atoms with Crippen molar-refractivity contribution in [2.45, 2.75) is 45.7 Å². The van der Waals surface area contributed by atoms with Crippen molar-refractivity contribution in [3.05, 3.63) is 29.6 Å². The molecule has 1 aliphatic heterocycles. The molecular weight excluding hydrogens is 326 g/mol. The van der Waals surface area contributed by atoms with E-state index in [4.69, 9.17) is 5.10 Å². The van der Waals surface area contributed by atoms with E-state index in [1.807, 2.05) is 15.7 Å². The van der Waals surface area contributed by atoms with Gasteiger partial charge in [0.25, 0.3) is 5.91 Å². The maximum absolute atomic E-state index is 13.2. The lowest BCUT2D eigenvalue weighted by molar-refractivity contribution is 0.0656.